The van der Waals surface area contributed by atoms with Gasteiger partial charge < -0.3 is 4.74 Å². The van der Waals surface area contributed by atoms with Crippen molar-refractivity contribution in [1.82, 2.24) is 0 Å². The summed E-state index contributed by atoms with van der Waals surface area (Å²) < 4.78 is 106. The third kappa shape index (κ3) is 5.32. The fraction of sp³-hybridized carbons (Fsp3) is 0.214. The molecule has 4 rings (SSSR count). The summed E-state index contributed by atoms with van der Waals surface area (Å²) in [6.45, 7) is 2.04. The Hall–Kier alpha value is -3.55. The predicted octanol–water partition coefficient (Wildman–Crippen LogP) is 9.06. The zero-order valence-electron chi connectivity index (χ0n) is 19.2. The van der Waals surface area contributed by atoms with Crippen molar-refractivity contribution in [3.63, 3.8) is 0 Å². The zero-order valence-corrected chi connectivity index (χ0v) is 19.2. The SMILES string of the molecule is CCCCCc1ccc(-c2cc(F)c(C(F)(F)Oc3ccc4c(F)cc(F)cc4c3)c(F)c2)c(F)c1. The van der Waals surface area contributed by atoms with Crippen LogP contribution in [0, 0.1) is 29.1 Å². The summed E-state index contributed by atoms with van der Waals surface area (Å²) in [7, 11) is 0. The highest BCUT2D eigenvalue weighted by atomic mass is 19.3. The topological polar surface area (TPSA) is 9.23 Å². The molecule has 0 aliphatic heterocycles. The van der Waals surface area contributed by atoms with Crippen molar-refractivity contribution in [3.8, 4) is 16.9 Å². The number of fused-ring (bicyclic) bond motifs is 1. The van der Waals surface area contributed by atoms with Gasteiger partial charge >= 0.3 is 6.11 Å². The molecular weight excluding hydrogens is 485 g/mol. The Labute approximate surface area is 203 Å². The van der Waals surface area contributed by atoms with Gasteiger partial charge in [0.25, 0.3) is 0 Å². The Morgan fingerprint density at radius 1 is 0.722 bits per heavy atom. The summed E-state index contributed by atoms with van der Waals surface area (Å²) in [5.74, 6) is -6.41. The molecule has 0 atom stereocenters. The monoisotopic (exact) mass is 506 g/mol. The lowest BCUT2D eigenvalue weighted by atomic mass is 9.99. The number of halogens is 7. The van der Waals surface area contributed by atoms with Crippen LogP contribution in [0.1, 0.15) is 37.3 Å². The van der Waals surface area contributed by atoms with Crippen molar-refractivity contribution in [2.24, 2.45) is 0 Å². The molecule has 0 fully saturated rings. The van der Waals surface area contributed by atoms with E-state index in [0.29, 0.717) is 24.6 Å². The van der Waals surface area contributed by atoms with Crippen LogP contribution >= 0.6 is 0 Å². The van der Waals surface area contributed by atoms with E-state index < -0.39 is 46.5 Å². The van der Waals surface area contributed by atoms with E-state index in [1.54, 1.807) is 6.07 Å². The molecule has 0 saturated carbocycles. The molecule has 0 amide bonds. The molecule has 0 spiro atoms. The average molecular weight is 506 g/mol. The highest BCUT2D eigenvalue weighted by molar-refractivity contribution is 5.84. The van der Waals surface area contributed by atoms with Gasteiger partial charge in [0.1, 0.15) is 40.4 Å². The van der Waals surface area contributed by atoms with Gasteiger partial charge in [0.05, 0.1) is 0 Å². The van der Waals surface area contributed by atoms with E-state index >= 15 is 0 Å². The van der Waals surface area contributed by atoms with Crippen molar-refractivity contribution in [2.45, 2.75) is 38.7 Å². The first-order valence-corrected chi connectivity index (χ1v) is 11.3. The van der Waals surface area contributed by atoms with E-state index in [-0.39, 0.29) is 21.9 Å². The average Bonchev–Trinajstić information content (AvgIpc) is 2.78. The van der Waals surface area contributed by atoms with Gasteiger partial charge in [-0.05, 0) is 71.8 Å². The molecule has 36 heavy (non-hydrogen) atoms. The first-order chi connectivity index (χ1) is 17.1. The highest BCUT2D eigenvalue weighted by Crippen LogP contribution is 2.38. The van der Waals surface area contributed by atoms with Crippen molar-refractivity contribution < 1.29 is 35.5 Å². The lowest BCUT2D eigenvalue weighted by molar-refractivity contribution is -0.189. The molecule has 0 aliphatic rings. The van der Waals surface area contributed by atoms with Crippen LogP contribution in [-0.2, 0) is 12.5 Å². The fourth-order valence-electron chi connectivity index (χ4n) is 4.06. The maximum absolute atomic E-state index is 14.8. The molecule has 0 bridgehead atoms. The van der Waals surface area contributed by atoms with Crippen LogP contribution in [-0.4, -0.2) is 0 Å². The van der Waals surface area contributed by atoms with E-state index in [1.807, 2.05) is 6.92 Å². The van der Waals surface area contributed by atoms with Crippen LogP contribution in [0.2, 0.25) is 0 Å². The summed E-state index contributed by atoms with van der Waals surface area (Å²) in [6, 6.07) is 9.97. The van der Waals surface area contributed by atoms with Gasteiger partial charge in [-0.1, -0.05) is 31.9 Å². The third-order valence-electron chi connectivity index (χ3n) is 5.83. The van der Waals surface area contributed by atoms with Crippen LogP contribution in [0.5, 0.6) is 5.75 Å². The molecule has 1 nitrogen and oxygen atoms in total. The Balaban J connectivity index is 1.62. The largest absolute Gasteiger partial charge is 0.432 e. The predicted molar refractivity (Wildman–Crippen MR) is 123 cm³/mol. The number of aryl methyl sites for hydroxylation is 1. The molecule has 0 N–H and O–H groups in total. The molecule has 0 radical (unpaired) electrons. The van der Waals surface area contributed by atoms with Crippen LogP contribution in [0.15, 0.2) is 60.7 Å². The molecule has 4 aromatic rings. The van der Waals surface area contributed by atoms with Gasteiger partial charge in [-0.15, -0.1) is 0 Å². The first kappa shape index (κ1) is 25.5. The van der Waals surface area contributed by atoms with Gasteiger partial charge in [0.15, 0.2) is 0 Å². The Morgan fingerprint density at radius 3 is 2.11 bits per heavy atom. The second-order valence-corrected chi connectivity index (χ2v) is 8.48. The lowest BCUT2D eigenvalue weighted by Crippen LogP contribution is -2.25. The lowest BCUT2D eigenvalue weighted by Gasteiger charge is -2.20. The summed E-state index contributed by atoms with van der Waals surface area (Å²) in [6.07, 6.45) is -0.996. The summed E-state index contributed by atoms with van der Waals surface area (Å²) >= 11 is 0. The Kier molecular flexibility index (Phi) is 7.24. The molecule has 188 valence electrons. The van der Waals surface area contributed by atoms with E-state index in [2.05, 4.69) is 4.74 Å². The molecule has 0 unspecified atom stereocenters. The standard InChI is InChI=1S/C28H21F7O/c1-2-3-4-5-16-6-8-21(23(30)10-16)18-13-25(32)27(26(33)14-18)28(34,35)36-20-7-9-22-17(12-20)11-19(29)15-24(22)31/h6-15H,2-5H2,1H3. The quantitative estimate of drug-likeness (QED) is 0.171. The van der Waals surface area contributed by atoms with Gasteiger partial charge in [-0.25, -0.2) is 22.0 Å². The number of alkyl halides is 2. The number of rotatable bonds is 8. The second-order valence-electron chi connectivity index (χ2n) is 8.48. The number of ether oxygens (including phenoxy) is 1. The number of unbranched alkanes of at least 4 members (excludes halogenated alkanes) is 2. The summed E-state index contributed by atoms with van der Waals surface area (Å²) in [5.41, 5.74) is -1.34. The van der Waals surface area contributed by atoms with E-state index in [9.17, 15) is 30.7 Å². The van der Waals surface area contributed by atoms with Crippen LogP contribution in [0.3, 0.4) is 0 Å². The van der Waals surface area contributed by atoms with Gasteiger partial charge in [-0.2, -0.15) is 8.78 Å². The summed E-state index contributed by atoms with van der Waals surface area (Å²) in [5, 5.41) is -0.127. The zero-order chi connectivity index (χ0) is 26.0. The van der Waals surface area contributed by atoms with Crippen molar-refractivity contribution in [2.75, 3.05) is 0 Å². The van der Waals surface area contributed by atoms with E-state index in [1.165, 1.54) is 12.1 Å². The maximum atomic E-state index is 14.8. The minimum atomic E-state index is -4.48. The van der Waals surface area contributed by atoms with E-state index in [0.717, 1.165) is 49.1 Å². The van der Waals surface area contributed by atoms with Gasteiger partial charge in [0.2, 0.25) is 0 Å². The van der Waals surface area contributed by atoms with E-state index in [4.69, 9.17) is 0 Å². The third-order valence-corrected chi connectivity index (χ3v) is 5.83. The van der Waals surface area contributed by atoms with Crippen LogP contribution in [0.25, 0.3) is 21.9 Å². The Bertz CT molecular complexity index is 1390. The molecule has 4 aromatic carbocycles. The molecule has 0 aliphatic carbocycles. The molecule has 8 heteroatoms. The van der Waals surface area contributed by atoms with Crippen molar-refractivity contribution in [3.05, 3.63) is 101 Å². The highest BCUT2D eigenvalue weighted by Gasteiger charge is 2.41. The normalized spacial score (nSPS) is 11.8. The summed E-state index contributed by atoms with van der Waals surface area (Å²) in [4.78, 5) is 0. The number of hydrogen-bond acceptors (Lipinski definition) is 1. The van der Waals surface area contributed by atoms with Gasteiger partial charge in [0, 0.05) is 17.0 Å². The van der Waals surface area contributed by atoms with Crippen molar-refractivity contribution in [1.29, 1.82) is 0 Å². The molecule has 0 heterocycles. The van der Waals surface area contributed by atoms with Gasteiger partial charge in [-0.3, -0.25) is 0 Å². The fourth-order valence-corrected chi connectivity index (χ4v) is 4.06. The number of hydrogen-bond donors (Lipinski definition) is 0. The maximum Gasteiger partial charge on any atom is 0.432 e. The smallest absolute Gasteiger partial charge is 0.429 e. The van der Waals surface area contributed by atoms with Crippen molar-refractivity contribution >= 4 is 10.8 Å². The molecule has 0 aromatic heterocycles. The first-order valence-electron chi connectivity index (χ1n) is 11.3. The van der Waals surface area contributed by atoms with Crippen LogP contribution < -0.4 is 4.74 Å². The second kappa shape index (κ2) is 10.2. The molecular formula is C28H21F7O. The Morgan fingerprint density at radius 2 is 1.44 bits per heavy atom. The minimum Gasteiger partial charge on any atom is -0.429 e. The molecule has 0 saturated heterocycles. The van der Waals surface area contributed by atoms with Crippen LogP contribution in [0.4, 0.5) is 30.7 Å². The minimum absolute atomic E-state index is 0.0489. The number of benzene rings is 4.